The van der Waals surface area contributed by atoms with Crippen LogP contribution in [-0.2, 0) is 17.8 Å². The van der Waals surface area contributed by atoms with Gasteiger partial charge in [-0.25, -0.2) is 25.0 Å². The highest BCUT2D eigenvalue weighted by Gasteiger charge is 2.66. The van der Waals surface area contributed by atoms with Crippen molar-refractivity contribution in [1.29, 1.82) is 5.41 Å². The van der Waals surface area contributed by atoms with Gasteiger partial charge in [0.25, 0.3) is 5.91 Å². The first-order chi connectivity index (χ1) is 25.2. The molecule has 11 nitrogen and oxygen atoms in total. The third-order valence-electron chi connectivity index (χ3n) is 12.0. The lowest BCUT2D eigenvalue weighted by atomic mass is 9.39. The molecule has 0 radical (unpaired) electrons. The first-order valence-electron chi connectivity index (χ1n) is 18.1. The van der Waals surface area contributed by atoms with Crippen molar-refractivity contribution in [3.05, 3.63) is 88.0 Å². The Morgan fingerprint density at radius 3 is 2.45 bits per heavy atom. The lowest BCUT2D eigenvalue weighted by Gasteiger charge is -2.68. The fourth-order valence-electron chi connectivity index (χ4n) is 11.1. The number of anilines is 2. The summed E-state index contributed by atoms with van der Waals surface area (Å²) in [5, 5.41) is 25.6. The van der Waals surface area contributed by atoms with Gasteiger partial charge in [0.05, 0.1) is 15.8 Å². The standard InChI is InChI=1S/C40H44FN7O4S/c1-23(44-22-39-17-37(2)16-38(3,18-39)20-40(19-37,21-39)52-43)27(14-42)25-9-11-32(46-33(25)35(50)51)48-13-12-24-28(15-48)26(8-10-29(24)41)34(49)47-36-45-30-6-4-5-7-31(30)53-36/h4-11,14,42,44H,12-13,15-22,43H2,1-3H3,(H,50,51)(H,45,47,49)/b27-23+,42-14?. The molecule has 9 rings (SSSR count). The number of carboxylic acids is 1. The normalized spacial score (nSPS) is 27.7. The topological polar surface area (TPSA) is 167 Å². The van der Waals surface area contributed by atoms with Crippen molar-refractivity contribution in [2.24, 2.45) is 22.1 Å². The Morgan fingerprint density at radius 1 is 1.02 bits per heavy atom. The number of para-hydroxylation sites is 1. The number of hydrogen-bond donors (Lipinski definition) is 5. The number of fused-ring (bicyclic) bond motifs is 2. The molecule has 4 fully saturated rings. The van der Waals surface area contributed by atoms with Gasteiger partial charge in [0, 0.05) is 48.2 Å². The van der Waals surface area contributed by atoms with Gasteiger partial charge in [0.15, 0.2) is 10.8 Å². The van der Waals surface area contributed by atoms with Gasteiger partial charge in [-0.15, -0.1) is 0 Å². The van der Waals surface area contributed by atoms with Gasteiger partial charge in [0.2, 0.25) is 0 Å². The monoisotopic (exact) mass is 737 g/mol. The Kier molecular flexibility index (Phi) is 8.47. The van der Waals surface area contributed by atoms with E-state index in [9.17, 15) is 14.7 Å². The third kappa shape index (κ3) is 6.28. The number of nitrogens with two attached hydrogens (primary N) is 1. The number of carbonyl (C=O) groups is 2. The fraction of sp³-hybridized carbons (Fsp3) is 0.425. The second-order valence-electron chi connectivity index (χ2n) is 16.6. The Balaban J connectivity index is 1.04. The van der Waals surface area contributed by atoms with E-state index in [2.05, 4.69) is 34.4 Å². The highest BCUT2D eigenvalue weighted by Crippen LogP contribution is 2.71. The summed E-state index contributed by atoms with van der Waals surface area (Å²) in [7, 11) is 0. The zero-order valence-corrected chi connectivity index (χ0v) is 31.0. The molecule has 4 aliphatic carbocycles. The van der Waals surface area contributed by atoms with Crippen LogP contribution in [0.25, 0.3) is 15.8 Å². The molecular formula is C40H44FN7O4S. The Labute approximate surface area is 311 Å². The molecule has 0 spiro atoms. The molecule has 3 heterocycles. The predicted octanol–water partition coefficient (Wildman–Crippen LogP) is 7.32. The van der Waals surface area contributed by atoms with E-state index in [1.165, 1.54) is 29.7 Å². The summed E-state index contributed by atoms with van der Waals surface area (Å²) in [5.41, 5.74) is 3.26. The molecule has 4 saturated carbocycles. The van der Waals surface area contributed by atoms with Gasteiger partial charge < -0.3 is 20.7 Å². The molecule has 1 amide bonds. The number of aromatic nitrogens is 2. The molecule has 6 N–H and O–H groups in total. The number of pyridine rings is 1. The van der Waals surface area contributed by atoms with Gasteiger partial charge in [-0.3, -0.25) is 14.9 Å². The molecule has 13 heteroatoms. The quantitative estimate of drug-likeness (QED) is 0.0828. The van der Waals surface area contributed by atoms with Gasteiger partial charge >= 0.3 is 5.97 Å². The fourth-order valence-corrected chi connectivity index (χ4v) is 11.9. The number of nitrogens with zero attached hydrogens (tertiary/aromatic N) is 3. The highest BCUT2D eigenvalue weighted by atomic mass is 32.1. The average molecular weight is 738 g/mol. The number of amides is 1. The van der Waals surface area contributed by atoms with Crippen molar-refractivity contribution < 1.29 is 23.9 Å². The van der Waals surface area contributed by atoms with Crippen molar-refractivity contribution in [2.45, 2.75) is 77.9 Å². The van der Waals surface area contributed by atoms with Crippen molar-refractivity contribution in [3.8, 4) is 0 Å². The summed E-state index contributed by atoms with van der Waals surface area (Å²) < 4.78 is 16.0. The van der Waals surface area contributed by atoms with Crippen LogP contribution in [0.15, 0.2) is 54.2 Å². The minimum atomic E-state index is -1.22. The smallest absolute Gasteiger partial charge is 0.355 e. The van der Waals surface area contributed by atoms with E-state index in [1.807, 2.05) is 36.1 Å². The number of carboxylic acid groups (broad SMARTS) is 1. The first-order valence-corrected chi connectivity index (χ1v) is 18.9. The summed E-state index contributed by atoms with van der Waals surface area (Å²) in [6.07, 6.45) is 7.55. The Bertz CT molecular complexity index is 2170. The second kappa shape index (κ2) is 12.7. The van der Waals surface area contributed by atoms with Crippen LogP contribution >= 0.6 is 11.3 Å². The van der Waals surface area contributed by atoms with Gasteiger partial charge in [-0.05, 0) is 116 Å². The van der Waals surface area contributed by atoms with Crippen LogP contribution in [0.3, 0.4) is 0 Å². The molecule has 5 aliphatic rings. The number of nitrogens with one attached hydrogen (secondary N) is 3. The van der Waals surface area contributed by atoms with Gasteiger partial charge in [-0.1, -0.05) is 37.3 Å². The van der Waals surface area contributed by atoms with Gasteiger partial charge in [-0.2, -0.15) is 0 Å². The van der Waals surface area contributed by atoms with Crippen LogP contribution in [0, 0.1) is 27.5 Å². The molecule has 1 aliphatic heterocycles. The maximum absolute atomic E-state index is 15.1. The third-order valence-corrected chi connectivity index (χ3v) is 12.9. The van der Waals surface area contributed by atoms with Crippen LogP contribution in [-0.4, -0.2) is 51.9 Å². The number of carbonyl (C=O) groups excluding carboxylic acids is 1. The maximum atomic E-state index is 15.1. The minimum absolute atomic E-state index is 0.0298. The summed E-state index contributed by atoms with van der Waals surface area (Å²) >= 11 is 1.36. The van der Waals surface area contributed by atoms with Crippen LogP contribution in [0.5, 0.6) is 0 Å². The zero-order valence-electron chi connectivity index (χ0n) is 30.1. The molecule has 53 heavy (non-hydrogen) atoms. The molecule has 2 atom stereocenters. The maximum Gasteiger partial charge on any atom is 0.355 e. The van der Waals surface area contributed by atoms with Crippen molar-refractivity contribution in [3.63, 3.8) is 0 Å². The summed E-state index contributed by atoms with van der Waals surface area (Å²) in [4.78, 5) is 43.0. The molecule has 0 saturated heterocycles. The highest BCUT2D eigenvalue weighted by molar-refractivity contribution is 7.22. The Hall–Kier alpha value is -4.72. The molecule has 2 unspecified atom stereocenters. The van der Waals surface area contributed by atoms with Crippen LogP contribution in [0.4, 0.5) is 15.3 Å². The lowest BCUT2D eigenvalue weighted by Crippen LogP contribution is -2.65. The van der Waals surface area contributed by atoms with E-state index < -0.39 is 17.7 Å². The van der Waals surface area contributed by atoms with Crippen LogP contribution in [0.2, 0.25) is 0 Å². The zero-order chi connectivity index (χ0) is 37.3. The molecule has 4 bridgehead atoms. The SMILES string of the molecule is C/C(NCC12CC3(C)CC(C)(C1)CC(ON)(C3)C2)=C(/C=N)c1ccc(N2CCc3c(F)ccc(C(=O)Nc4nc5ccccc5s4)c3C2)nc1C(=O)O. The van der Waals surface area contributed by atoms with E-state index in [0.717, 1.165) is 48.7 Å². The number of allylic oxidation sites excluding steroid dienone is 2. The molecule has 276 valence electrons. The number of aromatic carboxylic acids is 1. The summed E-state index contributed by atoms with van der Waals surface area (Å²) in [6.45, 7) is 7.76. The number of halogens is 1. The molecular weight excluding hydrogens is 694 g/mol. The van der Waals surface area contributed by atoms with E-state index in [-0.39, 0.29) is 34.1 Å². The van der Waals surface area contributed by atoms with E-state index in [4.69, 9.17) is 16.1 Å². The van der Waals surface area contributed by atoms with Crippen molar-refractivity contribution in [1.82, 2.24) is 15.3 Å². The predicted molar refractivity (Wildman–Crippen MR) is 204 cm³/mol. The van der Waals surface area contributed by atoms with Crippen LogP contribution < -0.4 is 21.4 Å². The first kappa shape index (κ1) is 35.3. The second-order valence-corrected chi connectivity index (χ2v) is 17.6. The molecule has 2 aromatic heterocycles. The van der Waals surface area contributed by atoms with Crippen molar-refractivity contribution in [2.75, 3.05) is 23.3 Å². The van der Waals surface area contributed by atoms with Crippen LogP contribution in [0.1, 0.15) is 96.8 Å². The average Bonchev–Trinajstić information content (AvgIpc) is 3.52. The Morgan fingerprint density at radius 2 is 1.75 bits per heavy atom. The molecule has 4 aromatic rings. The number of rotatable bonds is 10. The lowest BCUT2D eigenvalue weighted by molar-refractivity contribution is -0.245. The molecule has 2 aromatic carbocycles. The summed E-state index contributed by atoms with van der Waals surface area (Å²) in [5.74, 6) is 4.31. The number of thiazole rings is 1. The van der Waals surface area contributed by atoms with Gasteiger partial charge in [0.1, 0.15) is 11.6 Å². The minimum Gasteiger partial charge on any atom is -0.476 e. The van der Waals surface area contributed by atoms with E-state index in [0.29, 0.717) is 64.0 Å². The number of benzene rings is 2. The van der Waals surface area contributed by atoms with Crippen molar-refractivity contribution >= 4 is 56.2 Å². The largest absolute Gasteiger partial charge is 0.476 e. The number of hydrogen-bond acceptors (Lipinski definition) is 10. The summed E-state index contributed by atoms with van der Waals surface area (Å²) in [6, 6.07) is 13.8. The van der Waals surface area contributed by atoms with E-state index >= 15 is 4.39 Å². The van der Waals surface area contributed by atoms with E-state index in [1.54, 1.807) is 12.1 Å².